The van der Waals surface area contributed by atoms with Gasteiger partial charge in [0.1, 0.15) is 0 Å². The minimum absolute atomic E-state index is 0.0664. The molecule has 0 bridgehead atoms. The topological polar surface area (TPSA) is 80.3 Å². The van der Waals surface area contributed by atoms with Gasteiger partial charge < -0.3 is 22.6 Å². The summed E-state index contributed by atoms with van der Waals surface area (Å²) in [5.41, 5.74) is 0. The molecule has 2 atom stereocenters. The fourth-order valence-electron chi connectivity index (χ4n) is 3.49. The summed E-state index contributed by atoms with van der Waals surface area (Å²) in [6.45, 7) is 26.7. The molecule has 0 fully saturated rings. The molecule has 0 aromatic heterocycles. The lowest BCUT2D eigenvalue weighted by Crippen LogP contribution is -2.43. The Morgan fingerprint density at radius 3 is 1.67 bits per heavy atom. The van der Waals surface area contributed by atoms with Crippen LogP contribution in [0.25, 0.3) is 0 Å². The van der Waals surface area contributed by atoms with Crippen molar-refractivity contribution in [3.63, 3.8) is 0 Å². The van der Waals surface area contributed by atoms with Gasteiger partial charge in [0, 0.05) is 6.42 Å². The molecule has 10 heteroatoms. The molecule has 0 aliphatic carbocycles. The Labute approximate surface area is 266 Å². The van der Waals surface area contributed by atoms with E-state index < -0.39 is 24.2 Å². The average Bonchev–Trinajstić information content (AvgIpc) is 2.86. The highest BCUT2D eigenvalue weighted by atomic mass is 31.2. The summed E-state index contributed by atoms with van der Waals surface area (Å²) in [6, 6.07) is 0. The third-order valence-electron chi connectivity index (χ3n) is 8.10. The van der Waals surface area contributed by atoms with Crippen molar-refractivity contribution in [1.82, 2.24) is 0 Å². The van der Waals surface area contributed by atoms with Gasteiger partial charge in [0.25, 0.3) is 0 Å². The molecule has 0 N–H and O–H groups in total. The van der Waals surface area contributed by atoms with E-state index in [-0.39, 0.29) is 34.4 Å². The third kappa shape index (κ3) is 17.3. The number of rotatable bonds is 20. The molecule has 0 radical (unpaired) electrons. The van der Waals surface area contributed by atoms with Crippen molar-refractivity contribution >= 4 is 30.2 Å². The van der Waals surface area contributed by atoms with Crippen LogP contribution in [0.4, 0.5) is 0 Å². The minimum atomic E-state index is -3.11. The highest BCUT2D eigenvalue weighted by Gasteiger charge is 2.39. The van der Waals surface area contributed by atoms with E-state index >= 15 is 0 Å². The van der Waals surface area contributed by atoms with Crippen molar-refractivity contribution in [2.45, 2.75) is 130 Å². The maximum atomic E-state index is 12.8. The van der Waals surface area contributed by atoms with Gasteiger partial charge in [-0.05, 0) is 69.4 Å². The zero-order valence-electron chi connectivity index (χ0n) is 29.5. The summed E-state index contributed by atoms with van der Waals surface area (Å²) >= 11 is 0. The van der Waals surface area contributed by atoms with E-state index in [9.17, 15) is 9.36 Å². The van der Waals surface area contributed by atoms with Crippen molar-refractivity contribution in [2.75, 3.05) is 26.5 Å². The van der Waals surface area contributed by atoms with Crippen molar-refractivity contribution < 1.29 is 32.0 Å². The first kappa shape index (κ1) is 41.9. The predicted octanol–water partition coefficient (Wildman–Crippen LogP) is 9.99. The van der Waals surface area contributed by atoms with Gasteiger partial charge in [-0.25, -0.2) is 0 Å². The number of esters is 1. The summed E-state index contributed by atoms with van der Waals surface area (Å²) in [7, 11) is -5.68. The number of ether oxygens (including phenoxy) is 1. The fraction of sp³-hybridized carbons (Fsp3) is 0.727. The molecule has 0 saturated carbocycles. The normalized spacial score (nSPS) is 15.7. The summed E-state index contributed by atoms with van der Waals surface area (Å²) in [5, 5.41) is 0.171. The predicted molar refractivity (Wildman–Crippen MR) is 187 cm³/mol. The van der Waals surface area contributed by atoms with E-state index in [1.165, 1.54) is 7.11 Å². The SMILES string of the molecule is CCOP(=O)(C/C=C\C[C@H](/C=C/C=C/C=C\[C@H](CCCC(=O)OC)O[Si](C)(C)C(C)(C)C)O[Si](C)(C)C(C)(C)C)OCC. The van der Waals surface area contributed by atoms with E-state index in [0.717, 1.165) is 6.42 Å². The molecule has 7 nitrogen and oxygen atoms in total. The van der Waals surface area contributed by atoms with Crippen molar-refractivity contribution in [3.8, 4) is 0 Å². The second kappa shape index (κ2) is 19.4. The van der Waals surface area contributed by atoms with Crippen LogP contribution in [-0.4, -0.2) is 61.3 Å². The van der Waals surface area contributed by atoms with Crippen LogP contribution in [0.15, 0.2) is 48.6 Å². The molecule has 0 saturated heterocycles. The Hall–Kier alpha value is -1.07. The first-order valence-corrected chi connectivity index (χ1v) is 23.2. The smallest absolute Gasteiger partial charge is 0.334 e. The van der Waals surface area contributed by atoms with E-state index in [4.69, 9.17) is 22.6 Å². The molecule has 0 aliphatic rings. The molecule has 250 valence electrons. The summed E-state index contributed by atoms with van der Waals surface area (Å²) in [4.78, 5) is 11.6. The number of allylic oxidation sites excluding steroid dienone is 5. The quantitative estimate of drug-likeness (QED) is 0.0423. The fourth-order valence-corrected chi connectivity index (χ4v) is 7.57. The van der Waals surface area contributed by atoms with Crippen LogP contribution in [0.3, 0.4) is 0 Å². The molecule has 0 spiro atoms. The van der Waals surface area contributed by atoms with Crippen molar-refractivity contribution in [3.05, 3.63) is 48.6 Å². The van der Waals surface area contributed by atoms with Crippen LogP contribution >= 0.6 is 7.60 Å². The van der Waals surface area contributed by atoms with Gasteiger partial charge >= 0.3 is 13.6 Å². The molecule has 0 aromatic rings. The zero-order valence-corrected chi connectivity index (χ0v) is 32.4. The summed E-state index contributed by atoms with van der Waals surface area (Å²) < 4.78 is 41.7. The Morgan fingerprint density at radius 2 is 1.23 bits per heavy atom. The second-order valence-electron chi connectivity index (χ2n) is 13.8. The van der Waals surface area contributed by atoms with Crippen LogP contribution in [-0.2, 0) is 32.0 Å². The molecule has 0 amide bonds. The Balaban J connectivity index is 5.64. The second-order valence-corrected chi connectivity index (χ2v) is 25.4. The van der Waals surface area contributed by atoms with E-state index in [0.29, 0.717) is 32.5 Å². The average molecular weight is 659 g/mol. The molecule has 0 rings (SSSR count). The Kier molecular flexibility index (Phi) is 19.0. The number of hydrogen-bond acceptors (Lipinski definition) is 7. The van der Waals surface area contributed by atoms with Crippen molar-refractivity contribution in [2.24, 2.45) is 0 Å². The molecule has 0 unspecified atom stereocenters. The van der Waals surface area contributed by atoms with Gasteiger partial charge in [-0.2, -0.15) is 0 Å². The maximum absolute atomic E-state index is 12.8. The van der Waals surface area contributed by atoms with Gasteiger partial charge in [-0.15, -0.1) is 0 Å². The van der Waals surface area contributed by atoms with Gasteiger partial charge in [0.15, 0.2) is 16.6 Å². The van der Waals surface area contributed by atoms with Gasteiger partial charge in [-0.1, -0.05) is 90.2 Å². The van der Waals surface area contributed by atoms with Crippen LogP contribution in [0.2, 0.25) is 36.3 Å². The summed E-state index contributed by atoms with van der Waals surface area (Å²) in [5.74, 6) is -0.193. The zero-order chi connectivity index (χ0) is 33.4. The van der Waals surface area contributed by atoms with Crippen LogP contribution < -0.4 is 0 Å². The highest BCUT2D eigenvalue weighted by Crippen LogP contribution is 2.48. The number of carbonyl (C=O) groups is 1. The van der Waals surface area contributed by atoms with E-state index in [1.807, 2.05) is 50.3 Å². The van der Waals surface area contributed by atoms with Crippen LogP contribution in [0.5, 0.6) is 0 Å². The van der Waals surface area contributed by atoms with Gasteiger partial charge in [0.2, 0.25) is 0 Å². The Morgan fingerprint density at radius 1 is 0.767 bits per heavy atom. The van der Waals surface area contributed by atoms with Crippen molar-refractivity contribution in [1.29, 1.82) is 0 Å². The number of carbonyl (C=O) groups excluding carboxylic acids is 1. The van der Waals surface area contributed by atoms with Gasteiger partial charge in [-0.3, -0.25) is 9.36 Å². The molecular weight excluding hydrogens is 596 g/mol. The summed E-state index contributed by atoms with van der Waals surface area (Å²) in [6.07, 6.45) is 18.7. The largest absolute Gasteiger partial charge is 0.469 e. The maximum Gasteiger partial charge on any atom is 0.334 e. The molecule has 0 aliphatic heterocycles. The Bertz CT molecular complexity index is 963. The van der Waals surface area contributed by atoms with Crippen LogP contribution in [0.1, 0.15) is 81.1 Å². The van der Waals surface area contributed by atoms with E-state index in [1.54, 1.807) is 0 Å². The molecule has 0 aromatic carbocycles. The highest BCUT2D eigenvalue weighted by molar-refractivity contribution is 7.54. The van der Waals surface area contributed by atoms with E-state index in [2.05, 4.69) is 79.9 Å². The van der Waals surface area contributed by atoms with Gasteiger partial charge in [0.05, 0.1) is 38.7 Å². The monoisotopic (exact) mass is 658 g/mol. The lowest BCUT2D eigenvalue weighted by Gasteiger charge is -2.38. The lowest BCUT2D eigenvalue weighted by molar-refractivity contribution is -0.140. The minimum Gasteiger partial charge on any atom is -0.469 e. The first-order chi connectivity index (χ1) is 19.7. The number of hydrogen-bond donors (Lipinski definition) is 0. The third-order valence-corrected chi connectivity index (χ3v) is 19.1. The van der Waals surface area contributed by atoms with Crippen LogP contribution in [0, 0.1) is 0 Å². The lowest BCUT2D eigenvalue weighted by atomic mass is 10.1. The standard InChI is InChI=1S/C33H63O7PSi2/c1-14-37-41(35,38-15-2)28-21-20-25-29(39-42(10,11)32(3,4)5)23-18-16-17-19-24-30(26-22-27-31(34)36-9)40-43(12,13)33(6,7)8/h16-21,23-24,29-30H,14-15,22,25-28H2,1-13H3/b17-16+,21-20-,23-18+,24-19-/t29-,30+/m0/s1. The number of methoxy groups -OCH3 is 1. The molecular formula is C33H63O7PSi2. The molecule has 0 heterocycles. The first-order valence-electron chi connectivity index (χ1n) is 15.7. The molecule has 43 heavy (non-hydrogen) atoms.